The molecule has 1 saturated heterocycles. The quantitative estimate of drug-likeness (QED) is 0.678. The minimum absolute atomic E-state index is 0.101. The van der Waals surface area contributed by atoms with Crippen LogP contribution >= 0.6 is 0 Å². The Balaban J connectivity index is 2.33. The zero-order chi connectivity index (χ0) is 14.1. The van der Waals surface area contributed by atoms with E-state index in [0.29, 0.717) is 18.9 Å². The highest BCUT2D eigenvalue weighted by atomic mass is 16.5. The summed E-state index contributed by atoms with van der Waals surface area (Å²) in [4.78, 5) is 14.0. The van der Waals surface area contributed by atoms with Crippen LogP contribution in [0.25, 0.3) is 0 Å². The standard InChI is InChI=1S/C14H29N3O2/c1-3-6-16-14(18)8-13(9-15)17(2)10-12-5-4-7-19-11-12/h12-13H,3-11,15H2,1-2H3,(H,16,18). The smallest absolute Gasteiger partial charge is 0.221 e. The fourth-order valence-electron chi connectivity index (χ4n) is 2.48. The molecule has 0 bridgehead atoms. The predicted octanol–water partition coefficient (Wildman–Crippen LogP) is 0.588. The fourth-order valence-corrected chi connectivity index (χ4v) is 2.48. The van der Waals surface area contributed by atoms with Crippen molar-refractivity contribution in [2.45, 2.75) is 38.6 Å². The summed E-state index contributed by atoms with van der Waals surface area (Å²) in [6.45, 7) is 6.00. The highest BCUT2D eigenvalue weighted by Gasteiger charge is 2.21. The van der Waals surface area contributed by atoms with Gasteiger partial charge in [-0.1, -0.05) is 6.92 Å². The average Bonchev–Trinajstić information content (AvgIpc) is 2.43. The number of hydrogen-bond acceptors (Lipinski definition) is 4. The van der Waals surface area contributed by atoms with Gasteiger partial charge in [-0.05, 0) is 32.2 Å². The SMILES string of the molecule is CCCNC(=O)CC(CN)N(C)CC1CCCOC1. The van der Waals surface area contributed by atoms with Gasteiger partial charge < -0.3 is 20.7 Å². The summed E-state index contributed by atoms with van der Waals surface area (Å²) < 4.78 is 5.49. The van der Waals surface area contributed by atoms with Crippen LogP contribution in [0.4, 0.5) is 0 Å². The first-order chi connectivity index (χ1) is 9.17. The first-order valence-electron chi connectivity index (χ1n) is 7.42. The molecule has 0 aromatic rings. The van der Waals surface area contributed by atoms with Gasteiger partial charge in [-0.25, -0.2) is 0 Å². The van der Waals surface area contributed by atoms with E-state index in [4.69, 9.17) is 10.5 Å². The van der Waals surface area contributed by atoms with Crippen molar-refractivity contribution in [1.82, 2.24) is 10.2 Å². The molecule has 0 spiro atoms. The summed E-state index contributed by atoms with van der Waals surface area (Å²) in [5, 5.41) is 2.91. The number of amides is 1. The maximum absolute atomic E-state index is 11.7. The number of nitrogens with two attached hydrogens (primary N) is 1. The Morgan fingerprint density at radius 2 is 2.37 bits per heavy atom. The van der Waals surface area contributed by atoms with Gasteiger partial charge in [-0.15, -0.1) is 0 Å². The summed E-state index contributed by atoms with van der Waals surface area (Å²) in [5.41, 5.74) is 5.80. The molecule has 0 aromatic heterocycles. The van der Waals surface area contributed by atoms with Crippen molar-refractivity contribution < 1.29 is 9.53 Å². The number of ether oxygens (including phenoxy) is 1. The second kappa shape index (κ2) is 9.28. The van der Waals surface area contributed by atoms with Crippen molar-refractivity contribution in [2.24, 2.45) is 11.7 Å². The van der Waals surface area contributed by atoms with Crippen molar-refractivity contribution in [3.05, 3.63) is 0 Å². The maximum Gasteiger partial charge on any atom is 0.221 e. The van der Waals surface area contributed by atoms with Crippen LogP contribution in [0.5, 0.6) is 0 Å². The minimum atomic E-state index is 0.101. The predicted molar refractivity (Wildman–Crippen MR) is 76.9 cm³/mol. The van der Waals surface area contributed by atoms with E-state index in [1.54, 1.807) is 0 Å². The van der Waals surface area contributed by atoms with Gasteiger partial charge in [0.05, 0.1) is 6.61 Å². The number of carbonyl (C=O) groups excluding carboxylic acids is 1. The summed E-state index contributed by atoms with van der Waals surface area (Å²) in [7, 11) is 2.05. The van der Waals surface area contributed by atoms with E-state index in [1.165, 1.54) is 6.42 Å². The number of carbonyl (C=O) groups is 1. The molecule has 112 valence electrons. The van der Waals surface area contributed by atoms with E-state index in [0.717, 1.165) is 39.1 Å². The van der Waals surface area contributed by atoms with E-state index in [-0.39, 0.29) is 11.9 Å². The van der Waals surface area contributed by atoms with E-state index in [9.17, 15) is 4.79 Å². The second-order valence-corrected chi connectivity index (χ2v) is 5.47. The van der Waals surface area contributed by atoms with E-state index < -0.39 is 0 Å². The zero-order valence-corrected chi connectivity index (χ0v) is 12.4. The highest BCUT2D eigenvalue weighted by Crippen LogP contribution is 2.16. The number of nitrogens with one attached hydrogen (secondary N) is 1. The maximum atomic E-state index is 11.7. The topological polar surface area (TPSA) is 67.6 Å². The first-order valence-corrected chi connectivity index (χ1v) is 7.42. The van der Waals surface area contributed by atoms with E-state index >= 15 is 0 Å². The largest absolute Gasteiger partial charge is 0.381 e. The Bertz CT molecular complexity index is 255. The number of rotatable bonds is 8. The third-order valence-electron chi connectivity index (χ3n) is 3.69. The van der Waals surface area contributed by atoms with Crippen LogP contribution < -0.4 is 11.1 Å². The molecule has 2 atom stereocenters. The molecule has 1 heterocycles. The normalized spacial score (nSPS) is 21.4. The van der Waals surface area contributed by atoms with Gasteiger partial charge in [0.1, 0.15) is 0 Å². The third-order valence-corrected chi connectivity index (χ3v) is 3.69. The number of likely N-dealkylation sites (N-methyl/N-ethyl adjacent to an activating group) is 1. The van der Waals surface area contributed by atoms with Crippen LogP contribution in [0.3, 0.4) is 0 Å². The van der Waals surface area contributed by atoms with Gasteiger partial charge in [-0.3, -0.25) is 4.79 Å². The molecular weight excluding hydrogens is 242 g/mol. The molecule has 5 heteroatoms. The lowest BCUT2D eigenvalue weighted by molar-refractivity contribution is -0.122. The Kier molecular flexibility index (Phi) is 8.02. The van der Waals surface area contributed by atoms with Crippen LogP contribution in [0.1, 0.15) is 32.6 Å². The van der Waals surface area contributed by atoms with Gasteiger partial charge in [0.2, 0.25) is 5.91 Å². The molecule has 1 aliphatic rings. The molecule has 2 unspecified atom stereocenters. The van der Waals surface area contributed by atoms with Crippen molar-refractivity contribution in [3.8, 4) is 0 Å². The summed E-state index contributed by atoms with van der Waals surface area (Å²) in [6, 6.07) is 0.124. The Morgan fingerprint density at radius 3 is 2.95 bits per heavy atom. The summed E-state index contributed by atoms with van der Waals surface area (Å²) in [5.74, 6) is 0.676. The fraction of sp³-hybridized carbons (Fsp3) is 0.929. The molecule has 0 saturated carbocycles. The molecule has 1 aliphatic heterocycles. The highest BCUT2D eigenvalue weighted by molar-refractivity contribution is 5.76. The Hall–Kier alpha value is -0.650. The Labute approximate surface area is 116 Å². The van der Waals surface area contributed by atoms with Gasteiger partial charge in [0.25, 0.3) is 0 Å². The lowest BCUT2D eigenvalue weighted by Crippen LogP contribution is -2.44. The molecule has 0 aromatic carbocycles. The molecule has 0 aliphatic carbocycles. The van der Waals surface area contributed by atoms with Gasteiger partial charge in [-0.2, -0.15) is 0 Å². The lowest BCUT2D eigenvalue weighted by Gasteiger charge is -2.32. The summed E-state index contributed by atoms with van der Waals surface area (Å²) in [6.07, 6.45) is 3.81. The second-order valence-electron chi connectivity index (χ2n) is 5.47. The van der Waals surface area contributed by atoms with Gasteiger partial charge in [0.15, 0.2) is 0 Å². The van der Waals surface area contributed by atoms with Crippen molar-refractivity contribution in [3.63, 3.8) is 0 Å². The van der Waals surface area contributed by atoms with Crippen LogP contribution in [0.15, 0.2) is 0 Å². The molecule has 0 radical (unpaired) electrons. The molecule has 1 fully saturated rings. The van der Waals surface area contributed by atoms with Crippen LogP contribution in [0, 0.1) is 5.92 Å². The van der Waals surface area contributed by atoms with Gasteiger partial charge >= 0.3 is 0 Å². The minimum Gasteiger partial charge on any atom is -0.381 e. The molecule has 1 rings (SSSR count). The molecule has 1 amide bonds. The van der Waals surface area contributed by atoms with Crippen LogP contribution in [-0.2, 0) is 9.53 Å². The number of hydrogen-bond donors (Lipinski definition) is 2. The monoisotopic (exact) mass is 271 g/mol. The van der Waals surface area contributed by atoms with Crippen LogP contribution in [-0.4, -0.2) is 56.7 Å². The van der Waals surface area contributed by atoms with E-state index in [2.05, 4.69) is 24.2 Å². The van der Waals surface area contributed by atoms with Crippen molar-refractivity contribution in [1.29, 1.82) is 0 Å². The average molecular weight is 271 g/mol. The van der Waals surface area contributed by atoms with Gasteiger partial charge in [0, 0.05) is 38.7 Å². The van der Waals surface area contributed by atoms with E-state index in [1.807, 2.05) is 0 Å². The first kappa shape index (κ1) is 16.4. The molecule has 3 N–H and O–H groups in total. The molecule has 5 nitrogen and oxygen atoms in total. The summed E-state index contributed by atoms with van der Waals surface area (Å²) >= 11 is 0. The Morgan fingerprint density at radius 1 is 1.58 bits per heavy atom. The number of nitrogens with zero attached hydrogens (tertiary/aromatic N) is 1. The third kappa shape index (κ3) is 6.36. The van der Waals surface area contributed by atoms with Crippen molar-refractivity contribution in [2.75, 3.05) is 39.9 Å². The zero-order valence-electron chi connectivity index (χ0n) is 12.4. The lowest BCUT2D eigenvalue weighted by atomic mass is 10.0. The van der Waals surface area contributed by atoms with Crippen LogP contribution in [0.2, 0.25) is 0 Å². The van der Waals surface area contributed by atoms with Crippen molar-refractivity contribution >= 4 is 5.91 Å². The molecule has 19 heavy (non-hydrogen) atoms. The molecular formula is C14H29N3O2.